The molecule has 0 spiro atoms. The van der Waals surface area contributed by atoms with E-state index in [1.807, 2.05) is 0 Å². The summed E-state index contributed by atoms with van der Waals surface area (Å²) >= 11 is 6.11. The number of nitrogens with two attached hydrogens (primary N) is 1. The Kier molecular flexibility index (Phi) is 10.2. The van der Waals surface area contributed by atoms with E-state index in [-0.39, 0.29) is 43.6 Å². The molecule has 40 heavy (non-hydrogen) atoms. The molecule has 0 aliphatic carbocycles. The van der Waals surface area contributed by atoms with E-state index in [2.05, 4.69) is 10.0 Å². The van der Waals surface area contributed by atoms with Gasteiger partial charge in [-0.1, -0.05) is 48.0 Å². The van der Waals surface area contributed by atoms with Gasteiger partial charge in [-0.3, -0.25) is 14.4 Å². The van der Waals surface area contributed by atoms with E-state index in [4.69, 9.17) is 17.3 Å². The summed E-state index contributed by atoms with van der Waals surface area (Å²) in [5.74, 6) is -1.55. The van der Waals surface area contributed by atoms with Crippen LogP contribution in [-0.2, 0) is 43.2 Å². The van der Waals surface area contributed by atoms with Crippen LogP contribution in [0.25, 0.3) is 0 Å². The molecule has 3 amide bonds. The summed E-state index contributed by atoms with van der Waals surface area (Å²) in [5, 5.41) is 3.39. The number of halogens is 1. The molecular formula is C28H36ClN5O5S. The van der Waals surface area contributed by atoms with E-state index in [0.717, 1.165) is 24.0 Å². The molecule has 0 saturated carbocycles. The van der Waals surface area contributed by atoms with Gasteiger partial charge < -0.3 is 20.9 Å². The van der Waals surface area contributed by atoms with Gasteiger partial charge in [-0.15, -0.1) is 0 Å². The maximum absolute atomic E-state index is 13.8. The largest absolute Gasteiger partial charge is 0.350 e. The van der Waals surface area contributed by atoms with E-state index in [1.54, 1.807) is 53.4 Å². The summed E-state index contributed by atoms with van der Waals surface area (Å²) in [6, 6.07) is 11.8. The van der Waals surface area contributed by atoms with Crippen molar-refractivity contribution in [2.75, 3.05) is 19.6 Å². The summed E-state index contributed by atoms with van der Waals surface area (Å²) in [6.45, 7) is 1.92. The molecule has 2 aromatic carbocycles. The molecular weight excluding hydrogens is 554 g/mol. The third-order valence-corrected chi connectivity index (χ3v) is 8.93. The topological polar surface area (TPSA) is 142 Å². The maximum atomic E-state index is 13.8. The van der Waals surface area contributed by atoms with Crippen molar-refractivity contribution in [1.82, 2.24) is 19.8 Å². The highest BCUT2D eigenvalue weighted by molar-refractivity contribution is 7.88. The SMILES string of the molecule is NCc1ccc(Cl)cc1CNC(=O)[C@@H]1CCCN1C(=O)[C@@H](CC(=O)N1CCCC1)NS(=O)(=O)Cc1ccccc1. The number of nitrogens with one attached hydrogen (secondary N) is 2. The third-order valence-electron chi connectivity index (χ3n) is 7.34. The molecule has 2 atom stereocenters. The minimum absolute atomic E-state index is 0.186. The van der Waals surface area contributed by atoms with Gasteiger partial charge in [0.2, 0.25) is 27.7 Å². The van der Waals surface area contributed by atoms with Gasteiger partial charge in [0, 0.05) is 37.7 Å². The quantitative estimate of drug-likeness (QED) is 0.365. The van der Waals surface area contributed by atoms with Crippen LogP contribution in [0.5, 0.6) is 0 Å². The van der Waals surface area contributed by atoms with E-state index in [0.29, 0.717) is 36.5 Å². The Morgan fingerprint density at radius 3 is 2.42 bits per heavy atom. The molecule has 0 bridgehead atoms. The number of hydrogen-bond donors (Lipinski definition) is 3. The van der Waals surface area contributed by atoms with Crippen LogP contribution in [0.1, 0.15) is 48.8 Å². The summed E-state index contributed by atoms with van der Waals surface area (Å²) in [5.41, 5.74) is 8.00. The van der Waals surface area contributed by atoms with Gasteiger partial charge in [0.05, 0.1) is 12.2 Å². The predicted molar refractivity (Wildman–Crippen MR) is 152 cm³/mol. The lowest BCUT2D eigenvalue weighted by atomic mass is 10.1. The minimum atomic E-state index is -3.97. The second-order valence-electron chi connectivity index (χ2n) is 10.2. The van der Waals surface area contributed by atoms with Crippen LogP contribution < -0.4 is 15.8 Å². The fourth-order valence-electron chi connectivity index (χ4n) is 5.26. The zero-order valence-electron chi connectivity index (χ0n) is 22.4. The Balaban J connectivity index is 1.48. The van der Waals surface area contributed by atoms with Crippen LogP contribution in [0.2, 0.25) is 5.02 Å². The number of hydrogen-bond acceptors (Lipinski definition) is 6. The van der Waals surface area contributed by atoms with Crippen LogP contribution in [0.4, 0.5) is 0 Å². The number of carbonyl (C=O) groups excluding carboxylic acids is 3. The average molecular weight is 590 g/mol. The van der Waals surface area contributed by atoms with Crippen molar-refractivity contribution in [2.45, 2.75) is 63.0 Å². The smallest absolute Gasteiger partial charge is 0.243 e. The zero-order valence-corrected chi connectivity index (χ0v) is 23.9. The van der Waals surface area contributed by atoms with Crippen LogP contribution in [-0.4, -0.2) is 67.7 Å². The van der Waals surface area contributed by atoms with Gasteiger partial charge in [-0.25, -0.2) is 13.1 Å². The van der Waals surface area contributed by atoms with E-state index < -0.39 is 28.0 Å². The summed E-state index contributed by atoms with van der Waals surface area (Å²) in [4.78, 5) is 43.0. The Labute approximate surface area is 240 Å². The fraction of sp³-hybridized carbons (Fsp3) is 0.464. The van der Waals surface area contributed by atoms with Crippen molar-refractivity contribution in [3.05, 3.63) is 70.2 Å². The van der Waals surface area contributed by atoms with E-state index in [9.17, 15) is 22.8 Å². The number of benzene rings is 2. The number of sulfonamides is 1. The summed E-state index contributed by atoms with van der Waals surface area (Å²) < 4.78 is 28.7. The van der Waals surface area contributed by atoms with E-state index in [1.165, 1.54) is 4.90 Å². The second kappa shape index (κ2) is 13.6. The highest BCUT2D eigenvalue weighted by Gasteiger charge is 2.39. The first-order chi connectivity index (χ1) is 19.2. The highest BCUT2D eigenvalue weighted by atomic mass is 35.5. The molecule has 12 heteroatoms. The molecule has 2 aliphatic heterocycles. The third kappa shape index (κ3) is 7.81. The molecule has 2 heterocycles. The first-order valence-corrected chi connectivity index (χ1v) is 15.6. The average Bonchev–Trinajstić information content (AvgIpc) is 3.64. The van der Waals surface area contributed by atoms with Crippen molar-refractivity contribution < 1.29 is 22.8 Å². The Hall–Kier alpha value is -2.99. The summed E-state index contributed by atoms with van der Waals surface area (Å²) in [6.07, 6.45) is 2.45. The molecule has 0 radical (unpaired) electrons. The van der Waals surface area contributed by atoms with Crippen molar-refractivity contribution in [3.8, 4) is 0 Å². The lowest BCUT2D eigenvalue weighted by molar-refractivity contribution is -0.142. The predicted octanol–water partition coefficient (Wildman–Crippen LogP) is 1.91. The minimum Gasteiger partial charge on any atom is -0.350 e. The first-order valence-electron chi connectivity index (χ1n) is 13.5. The van der Waals surface area contributed by atoms with Crippen molar-refractivity contribution in [2.24, 2.45) is 5.73 Å². The Morgan fingerprint density at radius 2 is 1.73 bits per heavy atom. The molecule has 216 valence electrons. The van der Waals surface area contributed by atoms with E-state index >= 15 is 0 Å². The van der Waals surface area contributed by atoms with Gasteiger partial charge in [-0.05, 0) is 54.5 Å². The second-order valence-corrected chi connectivity index (χ2v) is 12.4. The molecule has 0 aromatic heterocycles. The number of carbonyl (C=O) groups is 3. The monoisotopic (exact) mass is 589 g/mol. The van der Waals surface area contributed by atoms with Crippen LogP contribution in [0, 0.1) is 0 Å². The number of likely N-dealkylation sites (tertiary alicyclic amines) is 2. The number of nitrogens with zero attached hydrogens (tertiary/aromatic N) is 2. The van der Waals surface area contributed by atoms with Crippen LogP contribution >= 0.6 is 11.6 Å². The van der Waals surface area contributed by atoms with Crippen molar-refractivity contribution in [3.63, 3.8) is 0 Å². The molecule has 2 aromatic rings. The molecule has 10 nitrogen and oxygen atoms in total. The van der Waals surface area contributed by atoms with Crippen molar-refractivity contribution >= 4 is 39.3 Å². The standard InChI is InChI=1S/C28H36ClN5O5S/c29-23-11-10-21(17-30)22(15-23)18-31-27(36)25-9-6-14-34(25)28(37)24(16-26(35)33-12-4-5-13-33)32-40(38,39)19-20-7-2-1-3-8-20/h1-3,7-8,10-11,15,24-25,32H,4-6,9,12-14,16-19,30H2,(H,31,36)/t24-,25+/m1/s1. The summed E-state index contributed by atoms with van der Waals surface area (Å²) in [7, 11) is -3.97. The lowest BCUT2D eigenvalue weighted by Crippen LogP contribution is -2.54. The number of amides is 3. The van der Waals surface area contributed by atoms with Gasteiger partial charge in [0.25, 0.3) is 0 Å². The number of rotatable bonds is 11. The fourth-order valence-corrected chi connectivity index (χ4v) is 6.79. The molecule has 2 saturated heterocycles. The van der Waals surface area contributed by atoms with Crippen molar-refractivity contribution in [1.29, 1.82) is 0 Å². The lowest BCUT2D eigenvalue weighted by Gasteiger charge is -2.29. The van der Waals surface area contributed by atoms with Crippen LogP contribution in [0.15, 0.2) is 48.5 Å². The molecule has 2 aliphatic rings. The molecule has 0 unspecified atom stereocenters. The zero-order chi connectivity index (χ0) is 28.7. The Morgan fingerprint density at radius 1 is 1.00 bits per heavy atom. The Bertz CT molecular complexity index is 1320. The van der Waals surface area contributed by atoms with Gasteiger partial charge in [0.15, 0.2) is 0 Å². The molecule has 4 N–H and O–H groups in total. The van der Waals surface area contributed by atoms with Gasteiger partial charge >= 0.3 is 0 Å². The maximum Gasteiger partial charge on any atom is 0.243 e. The highest BCUT2D eigenvalue weighted by Crippen LogP contribution is 2.22. The molecule has 2 fully saturated rings. The normalized spacial score (nSPS) is 18.1. The van der Waals surface area contributed by atoms with Gasteiger partial charge in [-0.2, -0.15) is 0 Å². The first kappa shape index (κ1) is 30.0. The van der Waals surface area contributed by atoms with Crippen LogP contribution in [0.3, 0.4) is 0 Å². The van der Waals surface area contributed by atoms with Gasteiger partial charge in [0.1, 0.15) is 12.1 Å². The molecule has 4 rings (SSSR count).